The van der Waals surface area contributed by atoms with Gasteiger partial charge in [0, 0.05) is 19.0 Å². The van der Waals surface area contributed by atoms with E-state index in [0.29, 0.717) is 18.9 Å². The fraction of sp³-hybridized carbons (Fsp3) is 0.353. The highest BCUT2D eigenvalue weighted by atomic mass is 19.4. The Hall–Kier alpha value is -3.22. The molecule has 2 heterocycles. The molecule has 27 heavy (non-hydrogen) atoms. The van der Waals surface area contributed by atoms with Gasteiger partial charge < -0.3 is 21.1 Å². The zero-order valence-electron chi connectivity index (χ0n) is 14.2. The van der Waals surface area contributed by atoms with Crippen LogP contribution >= 0.6 is 0 Å². The van der Waals surface area contributed by atoms with E-state index in [1.165, 1.54) is 18.5 Å². The highest BCUT2D eigenvalue weighted by Gasteiger charge is 2.32. The van der Waals surface area contributed by atoms with Crippen LogP contribution in [0.3, 0.4) is 0 Å². The zero-order chi connectivity index (χ0) is 19.6. The maximum Gasteiger partial charge on any atom is 0.573 e. The van der Waals surface area contributed by atoms with Gasteiger partial charge in [0.2, 0.25) is 0 Å². The maximum absolute atomic E-state index is 12.4. The first kappa shape index (κ1) is 18.6. The average molecular weight is 378 g/mol. The van der Waals surface area contributed by atoms with Crippen molar-refractivity contribution in [2.45, 2.75) is 25.1 Å². The number of nitrogen functional groups attached to an aromatic ring is 2. The van der Waals surface area contributed by atoms with Gasteiger partial charge >= 0.3 is 6.36 Å². The number of nitrogens with zero attached hydrogens (tertiary/aromatic N) is 4. The van der Waals surface area contributed by atoms with Gasteiger partial charge in [-0.2, -0.15) is 5.26 Å². The Morgan fingerprint density at radius 2 is 2.04 bits per heavy atom. The van der Waals surface area contributed by atoms with E-state index >= 15 is 0 Å². The number of ether oxygens (including phenoxy) is 1. The summed E-state index contributed by atoms with van der Waals surface area (Å²) < 4.78 is 41.1. The van der Waals surface area contributed by atoms with Crippen molar-refractivity contribution < 1.29 is 17.9 Å². The third-order valence-electron chi connectivity index (χ3n) is 4.42. The molecule has 7 nitrogen and oxygen atoms in total. The van der Waals surface area contributed by atoms with Crippen molar-refractivity contribution in [2.24, 2.45) is 0 Å². The SMILES string of the molecule is N#Cc1c(N)ncnc1N1CCC[C@@H](c2ccc(OC(F)(F)F)c(N)c2)C1. The molecular formula is C17H17F3N6O. The number of benzene rings is 1. The zero-order valence-corrected chi connectivity index (χ0v) is 14.2. The molecule has 0 aliphatic carbocycles. The molecule has 0 amide bonds. The number of piperidine rings is 1. The standard InChI is InChI=1S/C17H17F3N6O/c18-17(19,20)27-14-4-3-10(6-13(14)22)11-2-1-5-26(8-11)16-12(7-21)15(23)24-9-25-16/h3-4,6,9,11H,1-2,5,8,22H2,(H2,23,24,25)/t11-/m1/s1. The molecule has 4 N–H and O–H groups in total. The number of nitriles is 1. The minimum absolute atomic E-state index is 0.0173. The van der Waals surface area contributed by atoms with Crippen LogP contribution in [0.1, 0.15) is 29.9 Å². The van der Waals surface area contributed by atoms with Gasteiger partial charge in [-0.05, 0) is 30.5 Å². The lowest BCUT2D eigenvalue weighted by Crippen LogP contribution is -2.35. The Kier molecular flexibility index (Phi) is 4.94. The molecule has 1 fully saturated rings. The summed E-state index contributed by atoms with van der Waals surface area (Å²) in [6.07, 6.45) is -1.84. The van der Waals surface area contributed by atoms with E-state index in [-0.39, 0.29) is 23.0 Å². The Labute approximate surface area is 153 Å². The lowest BCUT2D eigenvalue weighted by atomic mass is 9.90. The molecular weight excluding hydrogens is 361 g/mol. The van der Waals surface area contributed by atoms with Gasteiger partial charge in [-0.15, -0.1) is 13.2 Å². The summed E-state index contributed by atoms with van der Waals surface area (Å²) in [5, 5.41) is 9.31. The molecule has 1 aliphatic rings. The predicted octanol–water partition coefficient (Wildman–Crippen LogP) is 2.80. The van der Waals surface area contributed by atoms with Crippen LogP contribution in [0.5, 0.6) is 5.75 Å². The lowest BCUT2D eigenvalue weighted by Gasteiger charge is -2.34. The third kappa shape index (κ3) is 4.13. The number of nitrogens with two attached hydrogens (primary N) is 2. The maximum atomic E-state index is 12.4. The molecule has 1 aromatic carbocycles. The molecule has 0 radical (unpaired) electrons. The second-order valence-electron chi connectivity index (χ2n) is 6.20. The van der Waals surface area contributed by atoms with Gasteiger partial charge in [-0.1, -0.05) is 6.07 Å². The molecule has 0 unspecified atom stereocenters. The van der Waals surface area contributed by atoms with Gasteiger partial charge in [0.1, 0.15) is 23.8 Å². The normalized spacial score (nSPS) is 17.4. The van der Waals surface area contributed by atoms with Crippen molar-refractivity contribution in [3.8, 4) is 11.8 Å². The van der Waals surface area contributed by atoms with E-state index in [4.69, 9.17) is 11.5 Å². The first-order valence-corrected chi connectivity index (χ1v) is 8.19. The molecule has 0 spiro atoms. The Morgan fingerprint density at radius 1 is 1.26 bits per heavy atom. The van der Waals surface area contributed by atoms with Gasteiger partial charge in [-0.3, -0.25) is 0 Å². The van der Waals surface area contributed by atoms with Crippen LogP contribution < -0.4 is 21.1 Å². The van der Waals surface area contributed by atoms with Crippen LogP contribution in [0.15, 0.2) is 24.5 Å². The molecule has 1 saturated heterocycles. The van der Waals surface area contributed by atoms with Crippen molar-refractivity contribution in [3.05, 3.63) is 35.7 Å². The van der Waals surface area contributed by atoms with Crippen LogP contribution in [-0.4, -0.2) is 29.4 Å². The van der Waals surface area contributed by atoms with Gasteiger partial charge in [-0.25, -0.2) is 9.97 Å². The number of hydrogen-bond acceptors (Lipinski definition) is 7. The minimum atomic E-state index is -4.79. The number of alkyl halides is 3. The van der Waals surface area contributed by atoms with Crippen molar-refractivity contribution in [1.82, 2.24) is 9.97 Å². The predicted molar refractivity (Wildman–Crippen MR) is 92.9 cm³/mol. The number of halogens is 3. The van der Waals surface area contributed by atoms with Gasteiger partial charge in [0.15, 0.2) is 11.6 Å². The van der Waals surface area contributed by atoms with E-state index in [0.717, 1.165) is 18.4 Å². The molecule has 10 heteroatoms. The molecule has 3 rings (SSSR count). The van der Waals surface area contributed by atoms with E-state index in [2.05, 4.69) is 14.7 Å². The Balaban J connectivity index is 1.82. The topological polar surface area (TPSA) is 114 Å². The average Bonchev–Trinajstić information content (AvgIpc) is 2.62. The van der Waals surface area contributed by atoms with Crippen LogP contribution in [0, 0.1) is 11.3 Å². The second kappa shape index (κ2) is 7.19. The van der Waals surface area contributed by atoms with E-state index < -0.39 is 12.1 Å². The first-order chi connectivity index (χ1) is 12.8. The summed E-state index contributed by atoms with van der Waals surface area (Å²) in [6, 6.07) is 6.31. The Bertz CT molecular complexity index is 880. The summed E-state index contributed by atoms with van der Waals surface area (Å²) in [5.74, 6) is 0.167. The minimum Gasteiger partial charge on any atom is -0.404 e. The largest absolute Gasteiger partial charge is 0.573 e. The van der Waals surface area contributed by atoms with Crippen molar-refractivity contribution >= 4 is 17.3 Å². The highest BCUT2D eigenvalue weighted by molar-refractivity contribution is 5.63. The first-order valence-electron chi connectivity index (χ1n) is 8.19. The summed E-state index contributed by atoms with van der Waals surface area (Å²) >= 11 is 0. The van der Waals surface area contributed by atoms with E-state index in [1.807, 2.05) is 11.0 Å². The number of hydrogen-bond donors (Lipinski definition) is 2. The summed E-state index contributed by atoms with van der Waals surface area (Å²) in [5.41, 5.74) is 12.4. The van der Waals surface area contributed by atoms with Gasteiger partial charge in [0.25, 0.3) is 0 Å². The molecule has 142 valence electrons. The molecule has 0 saturated carbocycles. The number of anilines is 3. The van der Waals surface area contributed by atoms with Gasteiger partial charge in [0.05, 0.1) is 5.69 Å². The molecule has 1 atom stereocenters. The summed E-state index contributed by atoms with van der Waals surface area (Å²) in [6.45, 7) is 1.22. The van der Waals surface area contributed by atoms with Crippen molar-refractivity contribution in [1.29, 1.82) is 5.26 Å². The fourth-order valence-electron chi connectivity index (χ4n) is 3.22. The van der Waals surface area contributed by atoms with Crippen LogP contribution in [0.4, 0.5) is 30.5 Å². The van der Waals surface area contributed by atoms with E-state index in [9.17, 15) is 18.4 Å². The smallest absolute Gasteiger partial charge is 0.404 e. The van der Waals surface area contributed by atoms with E-state index in [1.54, 1.807) is 6.07 Å². The fourth-order valence-corrected chi connectivity index (χ4v) is 3.22. The van der Waals surface area contributed by atoms with Crippen molar-refractivity contribution in [3.63, 3.8) is 0 Å². The second-order valence-corrected chi connectivity index (χ2v) is 6.20. The monoisotopic (exact) mass is 378 g/mol. The lowest BCUT2D eigenvalue weighted by molar-refractivity contribution is -0.274. The summed E-state index contributed by atoms with van der Waals surface area (Å²) in [4.78, 5) is 9.94. The highest BCUT2D eigenvalue weighted by Crippen LogP contribution is 2.35. The van der Waals surface area contributed by atoms with Crippen molar-refractivity contribution in [2.75, 3.05) is 29.5 Å². The van der Waals surface area contributed by atoms with Crippen LogP contribution in [0.25, 0.3) is 0 Å². The van der Waals surface area contributed by atoms with Crippen LogP contribution in [0.2, 0.25) is 0 Å². The third-order valence-corrected chi connectivity index (χ3v) is 4.42. The van der Waals surface area contributed by atoms with Crippen LogP contribution in [-0.2, 0) is 0 Å². The Morgan fingerprint density at radius 3 is 2.70 bits per heavy atom. The number of aromatic nitrogens is 2. The molecule has 0 bridgehead atoms. The molecule has 2 aromatic rings. The molecule has 1 aromatic heterocycles. The summed E-state index contributed by atoms with van der Waals surface area (Å²) in [7, 11) is 0. The quantitative estimate of drug-likeness (QED) is 0.789. The molecule has 1 aliphatic heterocycles. The number of rotatable bonds is 3.